The van der Waals surface area contributed by atoms with Crippen molar-refractivity contribution in [3.8, 4) is 5.75 Å². The van der Waals surface area contributed by atoms with Gasteiger partial charge in [0.2, 0.25) is 0 Å². The van der Waals surface area contributed by atoms with Gasteiger partial charge in [-0.15, -0.1) is 0 Å². The molecule has 1 saturated heterocycles. The van der Waals surface area contributed by atoms with Gasteiger partial charge in [0.1, 0.15) is 5.75 Å². The van der Waals surface area contributed by atoms with E-state index in [-0.39, 0.29) is 5.91 Å². The molecule has 0 radical (unpaired) electrons. The van der Waals surface area contributed by atoms with E-state index in [9.17, 15) is 4.79 Å². The maximum Gasteiger partial charge on any atom is 0.261 e. The predicted molar refractivity (Wildman–Crippen MR) is 104 cm³/mol. The highest BCUT2D eigenvalue weighted by atomic mass is 35.5. The summed E-state index contributed by atoms with van der Waals surface area (Å²) in [6, 6.07) is 15.5. The SMILES string of the molecule is C[C@H](Oc1cccc(Cl)c1)C(=O)NCc1ccc(CN2CCCC2)cc1. The Labute approximate surface area is 160 Å². The Hall–Kier alpha value is -2.04. The summed E-state index contributed by atoms with van der Waals surface area (Å²) in [7, 11) is 0. The molecule has 138 valence electrons. The zero-order chi connectivity index (χ0) is 18.4. The number of rotatable bonds is 7. The normalized spacial score (nSPS) is 15.6. The van der Waals surface area contributed by atoms with Crippen molar-refractivity contribution in [3.63, 3.8) is 0 Å². The van der Waals surface area contributed by atoms with Crippen molar-refractivity contribution in [1.29, 1.82) is 0 Å². The summed E-state index contributed by atoms with van der Waals surface area (Å²) in [5.74, 6) is 0.442. The molecule has 1 aliphatic rings. The Morgan fingerprint density at radius 3 is 2.54 bits per heavy atom. The van der Waals surface area contributed by atoms with Crippen molar-refractivity contribution < 1.29 is 9.53 Å². The van der Waals surface area contributed by atoms with Crippen LogP contribution in [0.4, 0.5) is 0 Å². The van der Waals surface area contributed by atoms with Crippen molar-refractivity contribution in [3.05, 3.63) is 64.7 Å². The fraction of sp³-hybridized carbons (Fsp3) is 0.381. The van der Waals surface area contributed by atoms with Crippen LogP contribution < -0.4 is 10.1 Å². The van der Waals surface area contributed by atoms with Crippen molar-refractivity contribution in [2.24, 2.45) is 0 Å². The third-order valence-corrected chi connectivity index (χ3v) is 4.81. The van der Waals surface area contributed by atoms with E-state index in [0.29, 0.717) is 17.3 Å². The van der Waals surface area contributed by atoms with Crippen molar-refractivity contribution in [2.75, 3.05) is 13.1 Å². The molecule has 0 bridgehead atoms. The van der Waals surface area contributed by atoms with Crippen LogP contribution in [-0.2, 0) is 17.9 Å². The van der Waals surface area contributed by atoms with Gasteiger partial charge in [-0.05, 0) is 62.2 Å². The summed E-state index contributed by atoms with van der Waals surface area (Å²) in [5, 5.41) is 3.51. The topological polar surface area (TPSA) is 41.6 Å². The van der Waals surface area contributed by atoms with Gasteiger partial charge < -0.3 is 10.1 Å². The van der Waals surface area contributed by atoms with Gasteiger partial charge in [-0.1, -0.05) is 41.9 Å². The van der Waals surface area contributed by atoms with Crippen LogP contribution in [0.5, 0.6) is 5.75 Å². The molecule has 2 aromatic rings. The molecule has 1 aliphatic heterocycles. The van der Waals surface area contributed by atoms with Crippen LogP contribution in [-0.4, -0.2) is 30.0 Å². The summed E-state index contributed by atoms with van der Waals surface area (Å²) >= 11 is 5.93. The van der Waals surface area contributed by atoms with Crippen molar-refractivity contribution in [2.45, 2.75) is 39.0 Å². The molecule has 4 nitrogen and oxygen atoms in total. The van der Waals surface area contributed by atoms with Crippen molar-refractivity contribution in [1.82, 2.24) is 10.2 Å². The standard InChI is InChI=1S/C21H25ClN2O2/c1-16(26-20-6-4-5-19(22)13-20)21(25)23-14-17-7-9-18(10-8-17)15-24-11-2-3-12-24/h4-10,13,16H,2-3,11-12,14-15H2,1H3,(H,23,25)/t16-/m0/s1. The minimum Gasteiger partial charge on any atom is -0.481 e. The Kier molecular flexibility index (Phi) is 6.53. The molecular weight excluding hydrogens is 348 g/mol. The summed E-state index contributed by atoms with van der Waals surface area (Å²) in [6.07, 6.45) is 2.03. The number of ether oxygens (including phenoxy) is 1. The van der Waals surface area contributed by atoms with Crippen molar-refractivity contribution >= 4 is 17.5 Å². The van der Waals surface area contributed by atoms with Gasteiger partial charge in [-0.2, -0.15) is 0 Å². The molecular formula is C21H25ClN2O2. The minimum absolute atomic E-state index is 0.147. The molecule has 0 spiro atoms. The van der Waals surface area contributed by atoms with E-state index in [4.69, 9.17) is 16.3 Å². The number of hydrogen-bond acceptors (Lipinski definition) is 3. The summed E-state index contributed by atoms with van der Waals surface area (Å²) in [6.45, 7) is 5.63. The Balaban J connectivity index is 1.46. The average Bonchev–Trinajstić information content (AvgIpc) is 3.14. The molecule has 1 N–H and O–H groups in total. The number of amides is 1. The van der Waals surface area contributed by atoms with Gasteiger partial charge in [0.05, 0.1) is 0 Å². The van der Waals surface area contributed by atoms with Crippen LogP contribution in [0, 0.1) is 0 Å². The zero-order valence-electron chi connectivity index (χ0n) is 15.1. The fourth-order valence-electron chi connectivity index (χ4n) is 3.09. The molecule has 1 atom stereocenters. The number of likely N-dealkylation sites (tertiary alicyclic amines) is 1. The lowest BCUT2D eigenvalue weighted by Gasteiger charge is -2.16. The smallest absolute Gasteiger partial charge is 0.261 e. The first-order chi connectivity index (χ1) is 12.6. The van der Waals surface area contributed by atoms with E-state index in [1.54, 1.807) is 31.2 Å². The molecule has 1 heterocycles. The third-order valence-electron chi connectivity index (χ3n) is 4.57. The Bertz CT molecular complexity index is 727. The maximum absolute atomic E-state index is 12.2. The molecule has 0 aliphatic carbocycles. The first-order valence-electron chi connectivity index (χ1n) is 9.10. The fourth-order valence-corrected chi connectivity index (χ4v) is 3.27. The molecule has 0 unspecified atom stereocenters. The second-order valence-electron chi connectivity index (χ2n) is 6.74. The van der Waals surface area contributed by atoms with E-state index in [2.05, 4.69) is 34.5 Å². The largest absolute Gasteiger partial charge is 0.481 e. The molecule has 5 heteroatoms. The highest BCUT2D eigenvalue weighted by molar-refractivity contribution is 6.30. The molecule has 0 saturated carbocycles. The lowest BCUT2D eigenvalue weighted by Crippen LogP contribution is -2.35. The average molecular weight is 373 g/mol. The van der Waals surface area contributed by atoms with Gasteiger partial charge in [0.15, 0.2) is 6.10 Å². The second kappa shape index (κ2) is 9.06. The van der Waals surface area contributed by atoms with Crippen LogP contribution in [0.2, 0.25) is 5.02 Å². The molecule has 1 amide bonds. The lowest BCUT2D eigenvalue weighted by molar-refractivity contribution is -0.127. The van der Waals surface area contributed by atoms with Gasteiger partial charge in [-0.25, -0.2) is 0 Å². The minimum atomic E-state index is -0.581. The number of carbonyl (C=O) groups is 1. The zero-order valence-corrected chi connectivity index (χ0v) is 15.8. The molecule has 3 rings (SSSR count). The number of nitrogens with zero attached hydrogens (tertiary/aromatic N) is 1. The van der Waals surface area contributed by atoms with E-state index in [1.807, 2.05) is 0 Å². The molecule has 2 aromatic carbocycles. The third kappa shape index (κ3) is 5.48. The highest BCUT2D eigenvalue weighted by Gasteiger charge is 2.15. The first kappa shape index (κ1) is 18.7. The van der Waals surface area contributed by atoms with Gasteiger partial charge in [-0.3, -0.25) is 9.69 Å². The number of benzene rings is 2. The van der Waals surface area contributed by atoms with Crippen LogP contribution in [0.25, 0.3) is 0 Å². The molecule has 1 fully saturated rings. The summed E-state index contributed by atoms with van der Waals surface area (Å²) < 4.78 is 5.64. The summed E-state index contributed by atoms with van der Waals surface area (Å²) in [5.41, 5.74) is 2.40. The quantitative estimate of drug-likeness (QED) is 0.798. The van der Waals surface area contributed by atoms with E-state index < -0.39 is 6.10 Å². The van der Waals surface area contributed by atoms with E-state index in [1.165, 1.54) is 31.5 Å². The second-order valence-corrected chi connectivity index (χ2v) is 7.17. The van der Waals surface area contributed by atoms with E-state index >= 15 is 0 Å². The summed E-state index contributed by atoms with van der Waals surface area (Å²) in [4.78, 5) is 14.7. The lowest BCUT2D eigenvalue weighted by atomic mass is 10.1. The highest BCUT2D eigenvalue weighted by Crippen LogP contribution is 2.18. The maximum atomic E-state index is 12.2. The van der Waals surface area contributed by atoms with Crippen LogP contribution in [0.1, 0.15) is 30.9 Å². The first-order valence-corrected chi connectivity index (χ1v) is 9.48. The van der Waals surface area contributed by atoms with Crippen LogP contribution >= 0.6 is 11.6 Å². The van der Waals surface area contributed by atoms with Gasteiger partial charge in [0, 0.05) is 18.1 Å². The van der Waals surface area contributed by atoms with E-state index in [0.717, 1.165) is 12.1 Å². The predicted octanol–water partition coefficient (Wildman–Crippen LogP) is 4.02. The number of halogens is 1. The Morgan fingerprint density at radius 2 is 1.85 bits per heavy atom. The number of hydrogen-bond donors (Lipinski definition) is 1. The van der Waals surface area contributed by atoms with Gasteiger partial charge >= 0.3 is 0 Å². The number of nitrogens with one attached hydrogen (secondary N) is 1. The number of carbonyl (C=O) groups excluding carboxylic acids is 1. The van der Waals surface area contributed by atoms with Crippen LogP contribution in [0.15, 0.2) is 48.5 Å². The van der Waals surface area contributed by atoms with Crippen LogP contribution in [0.3, 0.4) is 0 Å². The Morgan fingerprint density at radius 1 is 1.15 bits per heavy atom. The molecule has 0 aromatic heterocycles. The van der Waals surface area contributed by atoms with Gasteiger partial charge in [0.25, 0.3) is 5.91 Å². The monoisotopic (exact) mass is 372 g/mol. The molecule has 26 heavy (non-hydrogen) atoms.